The summed E-state index contributed by atoms with van der Waals surface area (Å²) in [7, 11) is -3.73. The number of carbonyl (C=O) groups is 1. The van der Waals surface area contributed by atoms with Crippen molar-refractivity contribution in [1.29, 1.82) is 0 Å². The van der Waals surface area contributed by atoms with Gasteiger partial charge in [-0.3, -0.25) is 9.52 Å². The Morgan fingerprint density at radius 3 is 2.53 bits per heavy atom. The van der Waals surface area contributed by atoms with Gasteiger partial charge in [0.05, 0.1) is 18.1 Å². The third-order valence-corrected chi connectivity index (χ3v) is 6.98. The lowest BCUT2D eigenvalue weighted by molar-refractivity contribution is -0.116. The maximum Gasteiger partial charge on any atom is 0.263 e. The van der Waals surface area contributed by atoms with Crippen LogP contribution in [0, 0.1) is 0 Å². The largest absolute Gasteiger partial charge is 0.490 e. The third kappa shape index (κ3) is 7.46. The number of aromatic nitrogens is 1. The van der Waals surface area contributed by atoms with Crippen molar-refractivity contribution in [3.05, 3.63) is 59.6 Å². The summed E-state index contributed by atoms with van der Waals surface area (Å²) in [6.45, 7) is 5.19. The topological polar surface area (TPSA) is 107 Å². The second-order valence-corrected chi connectivity index (χ2v) is 10.0. The summed E-state index contributed by atoms with van der Waals surface area (Å²) in [6, 6.07) is 11.7. The number of anilines is 2. The van der Waals surface area contributed by atoms with Gasteiger partial charge in [0.1, 0.15) is 0 Å². The molecule has 0 unspecified atom stereocenters. The van der Waals surface area contributed by atoms with Gasteiger partial charge in [-0.1, -0.05) is 19.4 Å². The summed E-state index contributed by atoms with van der Waals surface area (Å²) in [5, 5.41) is 4.78. The molecular weight excluding hydrogens is 474 g/mol. The first-order chi connectivity index (χ1) is 16.4. The lowest BCUT2D eigenvalue weighted by Crippen LogP contribution is -2.14. The molecule has 0 saturated carbocycles. The molecule has 0 aliphatic rings. The molecule has 1 heterocycles. The van der Waals surface area contributed by atoms with Gasteiger partial charge in [0, 0.05) is 23.7 Å². The fraction of sp³-hybridized carbons (Fsp3) is 0.333. The maximum atomic E-state index is 12.4. The van der Waals surface area contributed by atoms with Crippen molar-refractivity contribution in [3.8, 4) is 11.5 Å². The van der Waals surface area contributed by atoms with Crippen LogP contribution in [-0.2, 0) is 21.2 Å². The molecule has 2 aromatic carbocycles. The highest BCUT2D eigenvalue weighted by Gasteiger charge is 2.15. The van der Waals surface area contributed by atoms with Crippen LogP contribution in [0.3, 0.4) is 0 Å². The molecule has 34 heavy (non-hydrogen) atoms. The highest BCUT2D eigenvalue weighted by Crippen LogP contribution is 2.29. The predicted octanol–water partition coefficient (Wildman–Crippen LogP) is 5.09. The molecule has 2 N–H and O–H groups in total. The van der Waals surface area contributed by atoms with E-state index in [0.717, 1.165) is 18.4 Å². The Kier molecular flexibility index (Phi) is 9.29. The number of amides is 1. The van der Waals surface area contributed by atoms with Crippen molar-refractivity contribution in [2.45, 2.75) is 44.4 Å². The highest BCUT2D eigenvalue weighted by atomic mass is 32.2. The Morgan fingerprint density at radius 1 is 1.06 bits per heavy atom. The normalized spacial score (nSPS) is 11.1. The first-order valence-corrected chi connectivity index (χ1v) is 13.5. The Morgan fingerprint density at radius 2 is 1.85 bits per heavy atom. The van der Waals surface area contributed by atoms with E-state index in [-0.39, 0.29) is 17.2 Å². The number of thiazole rings is 1. The van der Waals surface area contributed by atoms with Crippen LogP contribution in [0.4, 0.5) is 10.8 Å². The smallest absolute Gasteiger partial charge is 0.263 e. The van der Waals surface area contributed by atoms with Gasteiger partial charge in [0.15, 0.2) is 16.6 Å². The molecule has 3 rings (SSSR count). The molecule has 0 fully saturated rings. The molecule has 182 valence electrons. The first-order valence-electron chi connectivity index (χ1n) is 11.1. The lowest BCUT2D eigenvalue weighted by atomic mass is 10.1. The average Bonchev–Trinajstić information content (AvgIpc) is 3.32. The number of hydrogen-bond donors (Lipinski definition) is 2. The number of nitrogens with zero attached hydrogens (tertiary/aromatic N) is 1. The van der Waals surface area contributed by atoms with Crippen LogP contribution in [0.1, 0.15) is 38.7 Å². The molecule has 0 bridgehead atoms. The number of hydrogen-bond acceptors (Lipinski definition) is 7. The monoisotopic (exact) mass is 503 g/mol. The summed E-state index contributed by atoms with van der Waals surface area (Å²) < 4.78 is 38.7. The van der Waals surface area contributed by atoms with Gasteiger partial charge < -0.3 is 14.8 Å². The van der Waals surface area contributed by atoms with E-state index in [2.05, 4.69) is 21.9 Å². The number of benzene rings is 2. The fourth-order valence-corrected chi connectivity index (χ4v) is 4.86. The lowest BCUT2D eigenvalue weighted by Gasteiger charge is -2.13. The van der Waals surface area contributed by atoms with Crippen LogP contribution in [0.15, 0.2) is 58.9 Å². The van der Waals surface area contributed by atoms with Gasteiger partial charge in [0.2, 0.25) is 5.91 Å². The van der Waals surface area contributed by atoms with Crippen molar-refractivity contribution in [3.63, 3.8) is 0 Å². The summed E-state index contributed by atoms with van der Waals surface area (Å²) in [5.41, 5.74) is 1.49. The molecule has 8 nitrogen and oxygen atoms in total. The van der Waals surface area contributed by atoms with E-state index >= 15 is 0 Å². The molecule has 0 aliphatic carbocycles. The van der Waals surface area contributed by atoms with Gasteiger partial charge >= 0.3 is 0 Å². The van der Waals surface area contributed by atoms with E-state index in [0.29, 0.717) is 42.0 Å². The summed E-state index contributed by atoms with van der Waals surface area (Å²) in [5.74, 6) is 1.22. The van der Waals surface area contributed by atoms with E-state index in [1.807, 2.05) is 25.1 Å². The van der Waals surface area contributed by atoms with Gasteiger partial charge in [-0.2, -0.15) is 0 Å². The van der Waals surface area contributed by atoms with E-state index < -0.39 is 10.0 Å². The van der Waals surface area contributed by atoms with Crippen LogP contribution in [0.2, 0.25) is 0 Å². The number of nitrogens with one attached hydrogen (secondary N) is 2. The summed E-state index contributed by atoms with van der Waals surface area (Å²) >= 11 is 1.19. The zero-order chi connectivity index (χ0) is 24.4. The molecule has 0 spiro atoms. The molecule has 0 saturated heterocycles. The second-order valence-electron chi connectivity index (χ2n) is 7.43. The number of carbonyl (C=O) groups excluding carboxylic acids is 1. The van der Waals surface area contributed by atoms with Crippen molar-refractivity contribution >= 4 is 38.1 Å². The summed E-state index contributed by atoms with van der Waals surface area (Å²) in [6.07, 6.45) is 4.36. The van der Waals surface area contributed by atoms with Gasteiger partial charge in [-0.15, -0.1) is 11.3 Å². The molecule has 10 heteroatoms. The molecule has 1 amide bonds. The predicted molar refractivity (Wildman–Crippen MR) is 134 cm³/mol. The van der Waals surface area contributed by atoms with Crippen LogP contribution >= 0.6 is 11.3 Å². The van der Waals surface area contributed by atoms with E-state index in [1.54, 1.807) is 17.5 Å². The third-order valence-electron chi connectivity index (χ3n) is 4.81. The zero-order valence-corrected chi connectivity index (χ0v) is 20.9. The molecular formula is C24H29N3O5S2. The maximum absolute atomic E-state index is 12.4. The number of rotatable bonds is 13. The fourth-order valence-electron chi connectivity index (χ4n) is 3.07. The van der Waals surface area contributed by atoms with Crippen molar-refractivity contribution in [2.24, 2.45) is 0 Å². The van der Waals surface area contributed by atoms with Crippen LogP contribution in [-0.4, -0.2) is 32.5 Å². The van der Waals surface area contributed by atoms with Gasteiger partial charge in [-0.05, 0) is 61.7 Å². The number of ether oxygens (including phenoxy) is 2. The quantitative estimate of drug-likeness (QED) is 0.315. The van der Waals surface area contributed by atoms with Crippen molar-refractivity contribution in [2.75, 3.05) is 23.3 Å². The molecule has 0 aliphatic heterocycles. The SMILES string of the molecule is CCCCOc1ccc(CCC(=O)Nc2ccc(S(=O)(=O)Nc3nccs3)cc2)cc1OCC. The van der Waals surface area contributed by atoms with Crippen LogP contribution in [0.25, 0.3) is 0 Å². The Balaban J connectivity index is 1.55. The van der Waals surface area contributed by atoms with Crippen molar-refractivity contribution < 1.29 is 22.7 Å². The molecule has 0 atom stereocenters. The van der Waals surface area contributed by atoms with Crippen molar-refractivity contribution in [1.82, 2.24) is 4.98 Å². The molecule has 0 radical (unpaired) electrons. The molecule has 1 aromatic heterocycles. The Hall–Kier alpha value is -3.11. The molecule has 3 aromatic rings. The van der Waals surface area contributed by atoms with Gasteiger partial charge in [0.25, 0.3) is 10.0 Å². The second kappa shape index (κ2) is 12.4. The number of unbranched alkanes of at least 4 members (excludes halogenated alkanes) is 1. The summed E-state index contributed by atoms with van der Waals surface area (Å²) in [4.78, 5) is 16.4. The Labute approximate surface area is 204 Å². The standard InChI is InChI=1S/C24H29N3O5S2/c1-3-5-15-32-21-12-6-18(17-22(21)31-4-2)7-13-23(28)26-19-8-10-20(11-9-19)34(29,30)27-24-25-14-16-33-24/h6,8-12,14,16-17H,3-5,7,13,15H2,1-2H3,(H,25,27)(H,26,28). The minimum absolute atomic E-state index is 0.0883. The minimum atomic E-state index is -3.73. The minimum Gasteiger partial charge on any atom is -0.490 e. The highest BCUT2D eigenvalue weighted by molar-refractivity contribution is 7.93. The van der Waals surface area contributed by atoms with Crippen LogP contribution in [0.5, 0.6) is 11.5 Å². The number of aryl methyl sites for hydroxylation is 1. The zero-order valence-electron chi connectivity index (χ0n) is 19.2. The van der Waals surface area contributed by atoms with E-state index in [9.17, 15) is 13.2 Å². The van der Waals surface area contributed by atoms with E-state index in [4.69, 9.17) is 9.47 Å². The van der Waals surface area contributed by atoms with E-state index in [1.165, 1.54) is 29.7 Å². The average molecular weight is 504 g/mol. The Bertz CT molecular complexity index is 1160. The van der Waals surface area contributed by atoms with Gasteiger partial charge in [-0.25, -0.2) is 13.4 Å². The first kappa shape index (κ1) is 25.5. The number of sulfonamides is 1. The van der Waals surface area contributed by atoms with Crippen LogP contribution < -0.4 is 19.5 Å².